The first-order valence-corrected chi connectivity index (χ1v) is 14.6. The van der Waals surface area contributed by atoms with Crippen LogP contribution >= 0.6 is 0 Å². The van der Waals surface area contributed by atoms with Crippen molar-refractivity contribution in [1.82, 2.24) is 19.4 Å². The van der Waals surface area contributed by atoms with Crippen LogP contribution in [0.2, 0.25) is 0 Å². The van der Waals surface area contributed by atoms with Gasteiger partial charge in [0.15, 0.2) is 5.65 Å². The molecule has 42 heavy (non-hydrogen) atoms. The molecule has 3 heterocycles. The monoisotopic (exact) mass is 561 g/mol. The van der Waals surface area contributed by atoms with Crippen LogP contribution in [0, 0.1) is 0 Å². The molecule has 0 bridgehead atoms. The molecule has 1 aliphatic rings. The molecule has 1 saturated heterocycles. The van der Waals surface area contributed by atoms with Gasteiger partial charge in [0, 0.05) is 49.2 Å². The summed E-state index contributed by atoms with van der Waals surface area (Å²) in [5, 5.41) is 1.00. The lowest BCUT2D eigenvalue weighted by Gasteiger charge is -2.35. The normalized spacial score (nSPS) is 13.4. The van der Waals surface area contributed by atoms with Gasteiger partial charge < -0.3 is 23.8 Å². The molecule has 0 unspecified atom stereocenters. The van der Waals surface area contributed by atoms with Crippen molar-refractivity contribution in [1.29, 1.82) is 0 Å². The molecule has 1 aliphatic heterocycles. The molecule has 0 N–H and O–H groups in total. The summed E-state index contributed by atoms with van der Waals surface area (Å²) in [5.41, 5.74) is 4.68. The first-order valence-electron chi connectivity index (χ1n) is 14.6. The number of benzene rings is 3. The zero-order valence-electron chi connectivity index (χ0n) is 24.1. The summed E-state index contributed by atoms with van der Waals surface area (Å²) in [6.07, 6.45) is 4.72. The van der Waals surface area contributed by atoms with Crippen LogP contribution in [0.15, 0.2) is 91.4 Å². The predicted molar refractivity (Wildman–Crippen MR) is 166 cm³/mol. The average molecular weight is 562 g/mol. The van der Waals surface area contributed by atoms with Crippen LogP contribution in [0.5, 0.6) is 11.5 Å². The van der Waals surface area contributed by atoms with E-state index < -0.39 is 0 Å². The van der Waals surface area contributed by atoms with E-state index in [0.29, 0.717) is 45.0 Å². The van der Waals surface area contributed by atoms with Crippen molar-refractivity contribution >= 4 is 22.8 Å². The van der Waals surface area contributed by atoms with E-state index in [-0.39, 0.29) is 5.91 Å². The molecule has 6 rings (SSSR count). The molecular weight excluding hydrogens is 526 g/mol. The summed E-state index contributed by atoms with van der Waals surface area (Å²) in [6, 6.07) is 25.9. The quantitative estimate of drug-likeness (QED) is 0.212. The van der Waals surface area contributed by atoms with Gasteiger partial charge in [0.05, 0.1) is 18.6 Å². The molecule has 0 saturated carbocycles. The Hall–Kier alpha value is -4.85. The second-order valence-corrected chi connectivity index (χ2v) is 10.3. The number of nitrogens with zero attached hydrogens (tertiary/aromatic N) is 5. The average Bonchev–Trinajstić information content (AvgIpc) is 3.45. The van der Waals surface area contributed by atoms with Crippen molar-refractivity contribution in [3.63, 3.8) is 0 Å². The summed E-state index contributed by atoms with van der Waals surface area (Å²) in [4.78, 5) is 27.0. The number of carbonyl (C=O) groups is 1. The molecule has 1 amide bonds. The van der Waals surface area contributed by atoms with Gasteiger partial charge in [-0.05, 0) is 67.4 Å². The van der Waals surface area contributed by atoms with Gasteiger partial charge in [-0.25, -0.2) is 9.97 Å². The smallest absolute Gasteiger partial charge is 0.253 e. The number of piperazine rings is 1. The third-order valence-electron chi connectivity index (χ3n) is 7.51. The maximum absolute atomic E-state index is 13.3. The number of fused-ring (bicyclic) bond motifs is 1. The number of ether oxygens (including phenoxy) is 2. The van der Waals surface area contributed by atoms with Gasteiger partial charge in [0.1, 0.15) is 23.6 Å². The molecule has 2 aromatic heterocycles. The SMILES string of the molecule is CCCOc1ccc(C(=O)N2CCN(c3ncnc4c3c(-c3ccccc3)cn4-c3ccc(OCC)cc3)CC2)cc1. The van der Waals surface area contributed by atoms with Crippen LogP contribution in [0.1, 0.15) is 30.6 Å². The Morgan fingerprint density at radius 1 is 0.810 bits per heavy atom. The molecule has 0 aliphatic carbocycles. The van der Waals surface area contributed by atoms with E-state index >= 15 is 0 Å². The minimum Gasteiger partial charge on any atom is -0.494 e. The fourth-order valence-electron chi connectivity index (χ4n) is 5.41. The van der Waals surface area contributed by atoms with E-state index in [1.54, 1.807) is 6.33 Å². The lowest BCUT2D eigenvalue weighted by molar-refractivity contribution is 0.0746. The number of hydrogen-bond donors (Lipinski definition) is 0. The highest BCUT2D eigenvalue weighted by Crippen LogP contribution is 2.37. The molecule has 1 fully saturated rings. The summed E-state index contributed by atoms with van der Waals surface area (Å²) in [5.74, 6) is 2.55. The lowest BCUT2D eigenvalue weighted by atomic mass is 10.1. The van der Waals surface area contributed by atoms with Crippen molar-refractivity contribution in [3.8, 4) is 28.3 Å². The molecule has 8 nitrogen and oxygen atoms in total. The predicted octanol–water partition coefficient (Wildman–Crippen LogP) is 6.24. The van der Waals surface area contributed by atoms with Gasteiger partial charge in [-0.2, -0.15) is 0 Å². The Labute approximate surface area is 246 Å². The van der Waals surface area contributed by atoms with E-state index in [9.17, 15) is 4.79 Å². The molecule has 0 radical (unpaired) electrons. The van der Waals surface area contributed by atoms with E-state index in [0.717, 1.165) is 51.6 Å². The van der Waals surface area contributed by atoms with Crippen LogP contribution in [0.3, 0.4) is 0 Å². The topological polar surface area (TPSA) is 72.7 Å². The molecule has 214 valence electrons. The second kappa shape index (κ2) is 12.3. The summed E-state index contributed by atoms with van der Waals surface area (Å²) < 4.78 is 13.4. The highest BCUT2D eigenvalue weighted by Gasteiger charge is 2.26. The maximum Gasteiger partial charge on any atom is 0.253 e. The Balaban J connectivity index is 1.28. The summed E-state index contributed by atoms with van der Waals surface area (Å²) in [6.45, 7) is 7.92. The van der Waals surface area contributed by atoms with Gasteiger partial charge in [-0.1, -0.05) is 37.3 Å². The fourth-order valence-corrected chi connectivity index (χ4v) is 5.41. The highest BCUT2D eigenvalue weighted by molar-refractivity contribution is 6.02. The molecule has 0 atom stereocenters. The van der Waals surface area contributed by atoms with E-state index in [4.69, 9.17) is 19.4 Å². The Morgan fingerprint density at radius 2 is 1.50 bits per heavy atom. The van der Waals surface area contributed by atoms with Crippen molar-refractivity contribution in [2.75, 3.05) is 44.3 Å². The first-order chi connectivity index (χ1) is 20.7. The standard InChI is InChI=1S/C34H35N5O3/c1-3-22-42-29-14-10-26(11-15-29)34(40)38-20-18-37(19-21-38)32-31-30(25-8-6-5-7-9-25)23-39(33(31)36-24-35-32)27-12-16-28(17-13-27)41-4-2/h5-17,23-24H,3-4,18-22H2,1-2H3. The van der Waals surface area contributed by atoms with Gasteiger partial charge in [0.25, 0.3) is 5.91 Å². The largest absolute Gasteiger partial charge is 0.494 e. The van der Waals surface area contributed by atoms with Crippen LogP contribution < -0.4 is 14.4 Å². The van der Waals surface area contributed by atoms with E-state index in [1.165, 1.54) is 0 Å². The summed E-state index contributed by atoms with van der Waals surface area (Å²) in [7, 11) is 0. The van der Waals surface area contributed by atoms with Crippen molar-refractivity contribution < 1.29 is 14.3 Å². The molecule has 3 aromatic carbocycles. The molecule has 5 aromatic rings. The van der Waals surface area contributed by atoms with Crippen molar-refractivity contribution in [3.05, 3.63) is 97.0 Å². The van der Waals surface area contributed by atoms with Crippen LogP contribution in [-0.4, -0.2) is 64.7 Å². The van der Waals surface area contributed by atoms with Gasteiger partial charge in [-0.3, -0.25) is 4.79 Å². The number of aromatic nitrogens is 3. The zero-order chi connectivity index (χ0) is 28.9. The van der Waals surface area contributed by atoms with Gasteiger partial charge in [0.2, 0.25) is 0 Å². The van der Waals surface area contributed by atoms with Crippen LogP contribution in [0.4, 0.5) is 5.82 Å². The van der Waals surface area contributed by atoms with Gasteiger partial charge in [-0.15, -0.1) is 0 Å². The molecular formula is C34H35N5O3. The molecule has 0 spiro atoms. The van der Waals surface area contributed by atoms with Crippen molar-refractivity contribution in [2.24, 2.45) is 0 Å². The number of rotatable bonds is 9. The highest BCUT2D eigenvalue weighted by atomic mass is 16.5. The number of hydrogen-bond acceptors (Lipinski definition) is 6. The van der Waals surface area contributed by atoms with Crippen molar-refractivity contribution in [2.45, 2.75) is 20.3 Å². The maximum atomic E-state index is 13.3. The third-order valence-corrected chi connectivity index (χ3v) is 7.51. The lowest BCUT2D eigenvalue weighted by Crippen LogP contribution is -2.49. The number of carbonyl (C=O) groups excluding carboxylic acids is 1. The molecule has 8 heteroatoms. The van der Waals surface area contributed by atoms with Crippen LogP contribution in [-0.2, 0) is 0 Å². The van der Waals surface area contributed by atoms with Crippen LogP contribution in [0.25, 0.3) is 27.8 Å². The summed E-state index contributed by atoms with van der Waals surface area (Å²) >= 11 is 0. The van der Waals surface area contributed by atoms with E-state index in [1.807, 2.05) is 78.6 Å². The number of anilines is 1. The minimum absolute atomic E-state index is 0.0381. The van der Waals surface area contributed by atoms with E-state index in [2.05, 4.69) is 34.7 Å². The second-order valence-electron chi connectivity index (χ2n) is 10.3. The van der Waals surface area contributed by atoms with Gasteiger partial charge >= 0.3 is 0 Å². The minimum atomic E-state index is 0.0381. The Kier molecular flexibility index (Phi) is 8.03. The first kappa shape index (κ1) is 27.3. The number of amides is 1. The Morgan fingerprint density at radius 3 is 2.19 bits per heavy atom. The zero-order valence-corrected chi connectivity index (χ0v) is 24.1. The third kappa shape index (κ3) is 5.52. The Bertz CT molecular complexity index is 1640. The fraction of sp³-hybridized carbons (Fsp3) is 0.265.